The minimum Gasteiger partial charge on any atom is -0.250 e. The van der Waals surface area contributed by atoms with Gasteiger partial charge in [-0.05, 0) is 51.0 Å². The highest BCUT2D eigenvalue weighted by Crippen LogP contribution is 2.18. The van der Waals surface area contributed by atoms with Crippen molar-refractivity contribution in [2.45, 2.75) is 62.5 Å². The summed E-state index contributed by atoms with van der Waals surface area (Å²) in [7, 11) is -7.97. The molecule has 0 spiro atoms. The van der Waals surface area contributed by atoms with Crippen LogP contribution in [0.3, 0.4) is 0 Å². The maximum Gasteiger partial charge on any atom is 0.298 e. The van der Waals surface area contributed by atoms with E-state index < -0.39 is 32.4 Å². The lowest BCUT2D eigenvalue weighted by atomic mass is 10.2. The van der Waals surface area contributed by atoms with Crippen LogP contribution in [-0.2, 0) is 28.6 Å². The minimum absolute atomic E-state index is 0.0404. The van der Waals surface area contributed by atoms with Crippen molar-refractivity contribution >= 4 is 20.2 Å². The van der Waals surface area contributed by atoms with Crippen molar-refractivity contribution in [2.75, 3.05) is 0 Å². The van der Waals surface area contributed by atoms with E-state index in [2.05, 4.69) is 11.8 Å². The number of hydrogen-bond donors (Lipinski definition) is 0. The summed E-state index contributed by atoms with van der Waals surface area (Å²) in [5.41, 5.74) is 1.86. The second-order valence-electron chi connectivity index (χ2n) is 6.81. The van der Waals surface area contributed by atoms with Crippen molar-refractivity contribution < 1.29 is 25.2 Å². The molecule has 6 nitrogen and oxygen atoms in total. The summed E-state index contributed by atoms with van der Waals surface area (Å²) in [5.74, 6) is 5.40. The molecule has 0 aliphatic carbocycles. The maximum atomic E-state index is 12.5. The number of benzene rings is 2. The van der Waals surface area contributed by atoms with Crippen LogP contribution in [0, 0.1) is 25.7 Å². The predicted octanol–water partition coefficient (Wildman–Crippen LogP) is 3.97. The van der Waals surface area contributed by atoms with E-state index in [1.54, 1.807) is 38.1 Å². The summed E-state index contributed by atoms with van der Waals surface area (Å²) < 4.78 is 60.3. The highest BCUT2D eigenvalue weighted by Gasteiger charge is 2.22. The Hall–Kier alpha value is -2.18. The molecule has 2 aromatic rings. The lowest BCUT2D eigenvalue weighted by Crippen LogP contribution is -2.19. The molecular weight excluding hydrogens is 424 g/mol. The van der Waals surface area contributed by atoms with Crippen molar-refractivity contribution in [2.24, 2.45) is 0 Å². The van der Waals surface area contributed by atoms with Crippen LogP contribution in [-0.4, -0.2) is 29.0 Å². The van der Waals surface area contributed by atoms with Crippen LogP contribution in [0.4, 0.5) is 0 Å². The second kappa shape index (κ2) is 10.2. The molecule has 0 heterocycles. The molecule has 2 rings (SSSR count). The van der Waals surface area contributed by atoms with Gasteiger partial charge in [-0.25, -0.2) is 8.37 Å². The number of rotatable bonds is 8. The standard InChI is InChI=1S/C22H26O6S2/c1-5-19(27-29(23,24)21-13-7-17(3)8-14-21)11-12-20(6-2)28-30(25,26)22-15-9-18(4)10-16-22/h7-10,13-16,19-20H,5-6H2,1-4H3. The van der Waals surface area contributed by atoms with Crippen LogP contribution in [0.15, 0.2) is 58.3 Å². The Labute approximate surface area is 179 Å². The zero-order valence-electron chi connectivity index (χ0n) is 17.5. The Kier molecular flexibility index (Phi) is 8.21. The lowest BCUT2D eigenvalue weighted by Gasteiger charge is -2.13. The molecule has 0 aromatic heterocycles. The summed E-state index contributed by atoms with van der Waals surface area (Å²) in [6, 6.07) is 12.6. The first kappa shape index (κ1) is 24.1. The summed E-state index contributed by atoms with van der Waals surface area (Å²) in [5, 5.41) is 0. The Morgan fingerprint density at radius 1 is 0.667 bits per heavy atom. The van der Waals surface area contributed by atoms with Crippen molar-refractivity contribution in [1.82, 2.24) is 0 Å². The smallest absolute Gasteiger partial charge is 0.250 e. The third kappa shape index (κ3) is 6.67. The average molecular weight is 451 g/mol. The molecule has 0 aliphatic rings. The minimum atomic E-state index is -3.99. The first-order valence-electron chi connectivity index (χ1n) is 9.58. The van der Waals surface area contributed by atoms with Gasteiger partial charge >= 0.3 is 0 Å². The first-order chi connectivity index (χ1) is 14.1. The van der Waals surface area contributed by atoms with Gasteiger partial charge in [-0.2, -0.15) is 16.8 Å². The summed E-state index contributed by atoms with van der Waals surface area (Å²) in [6.45, 7) is 7.17. The molecule has 2 aromatic carbocycles. The highest BCUT2D eigenvalue weighted by atomic mass is 32.2. The fourth-order valence-electron chi connectivity index (χ4n) is 2.40. The number of aryl methyl sites for hydroxylation is 2. The molecule has 162 valence electrons. The van der Waals surface area contributed by atoms with E-state index in [1.165, 1.54) is 24.3 Å². The summed E-state index contributed by atoms with van der Waals surface area (Å²) >= 11 is 0. The first-order valence-corrected chi connectivity index (χ1v) is 12.4. The Morgan fingerprint density at radius 3 is 1.23 bits per heavy atom. The fourth-order valence-corrected chi connectivity index (χ4v) is 4.54. The van der Waals surface area contributed by atoms with Crippen LogP contribution in [0.25, 0.3) is 0 Å². The van der Waals surface area contributed by atoms with Gasteiger partial charge in [-0.15, -0.1) is 0 Å². The van der Waals surface area contributed by atoms with Crippen LogP contribution in [0.1, 0.15) is 37.8 Å². The van der Waals surface area contributed by atoms with Crippen molar-refractivity contribution in [1.29, 1.82) is 0 Å². The molecule has 0 fully saturated rings. The van der Waals surface area contributed by atoms with Crippen LogP contribution in [0.5, 0.6) is 0 Å². The lowest BCUT2D eigenvalue weighted by molar-refractivity contribution is 0.250. The van der Waals surface area contributed by atoms with E-state index in [9.17, 15) is 16.8 Å². The van der Waals surface area contributed by atoms with Gasteiger partial charge in [0, 0.05) is 0 Å². The Bertz CT molecular complexity index is 1020. The largest absolute Gasteiger partial charge is 0.298 e. The quantitative estimate of drug-likeness (QED) is 0.447. The molecule has 0 amide bonds. The van der Waals surface area contributed by atoms with E-state index >= 15 is 0 Å². The number of hydrogen-bond acceptors (Lipinski definition) is 6. The topological polar surface area (TPSA) is 86.7 Å². The van der Waals surface area contributed by atoms with Gasteiger partial charge in [0.15, 0.2) is 0 Å². The van der Waals surface area contributed by atoms with E-state index in [4.69, 9.17) is 8.37 Å². The van der Waals surface area contributed by atoms with Crippen molar-refractivity contribution in [3.05, 3.63) is 59.7 Å². The Morgan fingerprint density at radius 2 is 0.967 bits per heavy atom. The normalized spacial score (nSPS) is 13.9. The predicted molar refractivity (Wildman–Crippen MR) is 115 cm³/mol. The summed E-state index contributed by atoms with van der Waals surface area (Å²) in [4.78, 5) is 0.0807. The van der Waals surface area contributed by atoms with Crippen LogP contribution < -0.4 is 0 Å². The second-order valence-corrected chi connectivity index (χ2v) is 9.95. The summed E-state index contributed by atoms with van der Waals surface area (Å²) in [6.07, 6.45) is -1.23. The van der Waals surface area contributed by atoms with Gasteiger partial charge in [-0.3, -0.25) is 0 Å². The van der Waals surface area contributed by atoms with E-state index in [0.717, 1.165) is 11.1 Å². The van der Waals surface area contributed by atoms with Gasteiger partial charge in [0.2, 0.25) is 0 Å². The molecule has 0 bridgehead atoms. The van der Waals surface area contributed by atoms with Gasteiger partial charge in [0.05, 0.1) is 9.79 Å². The molecule has 2 atom stereocenters. The molecule has 0 saturated carbocycles. The van der Waals surface area contributed by atoms with E-state index in [1.807, 2.05) is 13.8 Å². The van der Waals surface area contributed by atoms with Crippen LogP contribution in [0.2, 0.25) is 0 Å². The van der Waals surface area contributed by atoms with Gasteiger partial charge in [-0.1, -0.05) is 61.1 Å². The maximum absolute atomic E-state index is 12.5. The van der Waals surface area contributed by atoms with Gasteiger partial charge < -0.3 is 0 Å². The molecule has 0 N–H and O–H groups in total. The fraction of sp³-hybridized carbons (Fsp3) is 0.364. The third-order valence-electron chi connectivity index (χ3n) is 4.25. The Balaban J connectivity index is 2.15. The highest BCUT2D eigenvalue weighted by molar-refractivity contribution is 7.87. The van der Waals surface area contributed by atoms with E-state index in [0.29, 0.717) is 12.8 Å². The molecule has 2 unspecified atom stereocenters. The van der Waals surface area contributed by atoms with Crippen LogP contribution >= 0.6 is 0 Å². The average Bonchev–Trinajstić information content (AvgIpc) is 2.70. The monoisotopic (exact) mass is 450 g/mol. The SMILES string of the molecule is CCC(C#CC(CC)OS(=O)(=O)c1ccc(C)cc1)OS(=O)(=O)c1ccc(C)cc1. The van der Waals surface area contributed by atoms with E-state index in [-0.39, 0.29) is 9.79 Å². The van der Waals surface area contributed by atoms with Crippen molar-refractivity contribution in [3.63, 3.8) is 0 Å². The zero-order valence-corrected chi connectivity index (χ0v) is 19.1. The molecule has 0 radical (unpaired) electrons. The van der Waals surface area contributed by atoms with Gasteiger partial charge in [0.25, 0.3) is 20.2 Å². The molecule has 30 heavy (non-hydrogen) atoms. The molecular formula is C22H26O6S2. The molecule has 8 heteroatoms. The zero-order chi connectivity index (χ0) is 22.4. The molecule has 0 aliphatic heterocycles. The van der Waals surface area contributed by atoms with Gasteiger partial charge in [0.1, 0.15) is 12.2 Å². The van der Waals surface area contributed by atoms with Crippen molar-refractivity contribution in [3.8, 4) is 11.8 Å². The molecule has 0 saturated heterocycles. The third-order valence-corrected chi connectivity index (χ3v) is 6.92.